The summed E-state index contributed by atoms with van der Waals surface area (Å²) in [4.78, 5) is 13.9. The fraction of sp³-hybridized carbons (Fsp3) is 0.500. The molecule has 1 aliphatic carbocycles. The van der Waals surface area contributed by atoms with Crippen molar-refractivity contribution < 1.29 is 9.90 Å². The lowest BCUT2D eigenvalue weighted by Gasteiger charge is -2.36. The van der Waals surface area contributed by atoms with Crippen molar-refractivity contribution in [2.75, 3.05) is 7.05 Å². The maximum absolute atomic E-state index is 12.1. The number of nitrogens with two attached hydrogens (primary N) is 1. The number of phenols is 1. The second-order valence-electron chi connectivity index (χ2n) is 5.01. The van der Waals surface area contributed by atoms with Gasteiger partial charge in [-0.1, -0.05) is 12.1 Å². The number of rotatable bonds is 4. The van der Waals surface area contributed by atoms with Crippen molar-refractivity contribution in [1.82, 2.24) is 4.90 Å². The van der Waals surface area contributed by atoms with Gasteiger partial charge in [-0.2, -0.15) is 0 Å². The molecule has 1 amide bonds. The van der Waals surface area contributed by atoms with Crippen molar-refractivity contribution in [1.29, 1.82) is 0 Å². The van der Waals surface area contributed by atoms with Gasteiger partial charge in [0.05, 0.1) is 6.04 Å². The van der Waals surface area contributed by atoms with Gasteiger partial charge in [0.25, 0.3) is 0 Å². The highest BCUT2D eigenvalue weighted by atomic mass is 16.3. The van der Waals surface area contributed by atoms with Crippen LogP contribution in [0.1, 0.15) is 24.8 Å². The number of benzene rings is 1. The van der Waals surface area contributed by atoms with E-state index in [4.69, 9.17) is 5.73 Å². The van der Waals surface area contributed by atoms with Crippen molar-refractivity contribution in [2.45, 2.75) is 37.8 Å². The van der Waals surface area contributed by atoms with Gasteiger partial charge in [0.2, 0.25) is 5.91 Å². The van der Waals surface area contributed by atoms with Crippen LogP contribution in [0.2, 0.25) is 0 Å². The molecule has 98 valence electrons. The Bertz CT molecular complexity index is 412. The van der Waals surface area contributed by atoms with Crippen molar-refractivity contribution >= 4 is 5.91 Å². The molecule has 4 nitrogen and oxygen atoms in total. The van der Waals surface area contributed by atoms with E-state index < -0.39 is 6.04 Å². The predicted molar refractivity (Wildman–Crippen MR) is 70.2 cm³/mol. The minimum absolute atomic E-state index is 0.00720. The zero-order valence-corrected chi connectivity index (χ0v) is 10.7. The fourth-order valence-corrected chi connectivity index (χ4v) is 2.19. The van der Waals surface area contributed by atoms with Crippen molar-refractivity contribution in [3.63, 3.8) is 0 Å². The van der Waals surface area contributed by atoms with Crippen LogP contribution in [0.25, 0.3) is 0 Å². The van der Waals surface area contributed by atoms with Crippen LogP contribution < -0.4 is 5.73 Å². The molecule has 1 aromatic rings. The van der Waals surface area contributed by atoms with Crippen LogP contribution in [0, 0.1) is 0 Å². The Balaban J connectivity index is 1.92. The van der Waals surface area contributed by atoms with Crippen molar-refractivity contribution in [3.05, 3.63) is 29.8 Å². The van der Waals surface area contributed by atoms with E-state index in [-0.39, 0.29) is 11.7 Å². The molecule has 1 aliphatic rings. The number of aromatic hydroxyl groups is 1. The Morgan fingerprint density at radius 3 is 2.56 bits per heavy atom. The van der Waals surface area contributed by atoms with Crippen LogP contribution >= 0.6 is 0 Å². The summed E-state index contributed by atoms with van der Waals surface area (Å²) in [6, 6.07) is 6.70. The molecule has 0 spiro atoms. The predicted octanol–water partition coefficient (Wildman–Crippen LogP) is 1.27. The largest absolute Gasteiger partial charge is 0.508 e. The molecule has 0 saturated heterocycles. The average molecular weight is 248 g/mol. The highest BCUT2D eigenvalue weighted by Gasteiger charge is 2.28. The topological polar surface area (TPSA) is 66.6 Å². The van der Waals surface area contributed by atoms with Crippen LogP contribution in [-0.4, -0.2) is 35.0 Å². The molecule has 1 atom stereocenters. The van der Waals surface area contributed by atoms with Gasteiger partial charge >= 0.3 is 0 Å². The SMILES string of the molecule is CN(C(=O)C(N)Cc1ccc(O)cc1)C1CCC1. The smallest absolute Gasteiger partial charge is 0.239 e. The van der Waals surface area contributed by atoms with Crippen LogP contribution in [0.3, 0.4) is 0 Å². The average Bonchev–Trinajstić information content (AvgIpc) is 2.28. The molecule has 0 aliphatic heterocycles. The second-order valence-corrected chi connectivity index (χ2v) is 5.01. The third kappa shape index (κ3) is 2.82. The van der Waals surface area contributed by atoms with Gasteiger partial charge in [-0.3, -0.25) is 4.79 Å². The minimum Gasteiger partial charge on any atom is -0.508 e. The quantitative estimate of drug-likeness (QED) is 0.843. The molecule has 1 unspecified atom stereocenters. The van der Waals surface area contributed by atoms with Crippen molar-refractivity contribution in [3.8, 4) is 5.75 Å². The monoisotopic (exact) mass is 248 g/mol. The fourth-order valence-electron chi connectivity index (χ4n) is 2.19. The molecule has 0 bridgehead atoms. The van der Waals surface area contributed by atoms with E-state index in [0.29, 0.717) is 12.5 Å². The number of carbonyl (C=O) groups excluding carboxylic acids is 1. The van der Waals surface area contributed by atoms with Gasteiger partial charge in [0.1, 0.15) is 5.75 Å². The lowest BCUT2D eigenvalue weighted by Crippen LogP contribution is -2.49. The summed E-state index contributed by atoms with van der Waals surface area (Å²) in [5.74, 6) is 0.234. The summed E-state index contributed by atoms with van der Waals surface area (Å²) in [7, 11) is 1.84. The van der Waals surface area contributed by atoms with E-state index in [0.717, 1.165) is 18.4 Å². The molecule has 1 saturated carbocycles. The third-order valence-corrected chi connectivity index (χ3v) is 3.68. The summed E-state index contributed by atoms with van der Waals surface area (Å²) in [5, 5.41) is 9.19. The van der Waals surface area contributed by atoms with Gasteiger partial charge < -0.3 is 15.7 Å². The first-order valence-corrected chi connectivity index (χ1v) is 6.38. The van der Waals surface area contributed by atoms with E-state index in [1.807, 2.05) is 7.05 Å². The van der Waals surface area contributed by atoms with Gasteiger partial charge in [-0.25, -0.2) is 0 Å². The molecular weight excluding hydrogens is 228 g/mol. The third-order valence-electron chi connectivity index (χ3n) is 3.68. The first kappa shape index (κ1) is 12.9. The summed E-state index contributed by atoms with van der Waals surface area (Å²) in [6.45, 7) is 0. The van der Waals surface area contributed by atoms with Crippen LogP contribution in [0.15, 0.2) is 24.3 Å². The molecule has 3 N–H and O–H groups in total. The molecule has 0 radical (unpaired) electrons. The number of likely N-dealkylation sites (N-methyl/N-ethyl adjacent to an activating group) is 1. The van der Waals surface area contributed by atoms with E-state index >= 15 is 0 Å². The number of hydrogen-bond donors (Lipinski definition) is 2. The van der Waals surface area contributed by atoms with E-state index in [2.05, 4.69) is 0 Å². The summed E-state index contributed by atoms with van der Waals surface area (Å²) < 4.78 is 0. The van der Waals surface area contributed by atoms with E-state index in [1.165, 1.54) is 6.42 Å². The Morgan fingerprint density at radius 2 is 2.06 bits per heavy atom. The maximum Gasteiger partial charge on any atom is 0.239 e. The van der Waals surface area contributed by atoms with E-state index in [1.54, 1.807) is 29.2 Å². The van der Waals surface area contributed by atoms with Gasteiger partial charge in [0, 0.05) is 13.1 Å². The summed E-state index contributed by atoms with van der Waals surface area (Å²) >= 11 is 0. The van der Waals surface area contributed by atoms with E-state index in [9.17, 15) is 9.90 Å². The van der Waals surface area contributed by atoms with Gasteiger partial charge in [-0.05, 0) is 43.4 Å². The molecule has 0 aromatic heterocycles. The molecule has 2 rings (SSSR count). The second kappa shape index (κ2) is 5.40. The normalized spacial score (nSPS) is 17.0. The number of amides is 1. The van der Waals surface area contributed by atoms with Crippen molar-refractivity contribution in [2.24, 2.45) is 5.73 Å². The molecule has 1 aromatic carbocycles. The number of phenolic OH excluding ortho intramolecular Hbond substituents is 1. The number of hydrogen-bond acceptors (Lipinski definition) is 3. The summed E-state index contributed by atoms with van der Waals surface area (Å²) in [5.41, 5.74) is 6.92. The first-order valence-electron chi connectivity index (χ1n) is 6.38. The molecule has 18 heavy (non-hydrogen) atoms. The Morgan fingerprint density at radius 1 is 1.44 bits per heavy atom. The lowest BCUT2D eigenvalue weighted by atomic mass is 9.91. The van der Waals surface area contributed by atoms with Gasteiger partial charge in [-0.15, -0.1) is 0 Å². The molecular formula is C14H20N2O2. The standard InChI is InChI=1S/C14H20N2O2/c1-16(11-3-2-4-11)14(18)13(15)9-10-5-7-12(17)8-6-10/h5-8,11,13,17H,2-4,9,15H2,1H3. The lowest BCUT2D eigenvalue weighted by molar-refractivity contribution is -0.134. The molecule has 1 fully saturated rings. The highest BCUT2D eigenvalue weighted by molar-refractivity contribution is 5.82. The summed E-state index contributed by atoms with van der Waals surface area (Å²) in [6.07, 6.45) is 3.90. The van der Waals surface area contributed by atoms with Crippen LogP contribution in [0.5, 0.6) is 5.75 Å². The Hall–Kier alpha value is -1.55. The minimum atomic E-state index is -0.500. The number of nitrogens with zero attached hydrogens (tertiary/aromatic N) is 1. The molecule has 4 heteroatoms. The zero-order chi connectivity index (χ0) is 13.1. The highest BCUT2D eigenvalue weighted by Crippen LogP contribution is 2.24. The zero-order valence-electron chi connectivity index (χ0n) is 10.7. The number of carbonyl (C=O) groups is 1. The Kier molecular flexibility index (Phi) is 3.87. The van der Waals surface area contributed by atoms with Crippen LogP contribution in [0.4, 0.5) is 0 Å². The first-order chi connectivity index (χ1) is 8.58. The van der Waals surface area contributed by atoms with Gasteiger partial charge in [0.15, 0.2) is 0 Å². The molecule has 0 heterocycles. The van der Waals surface area contributed by atoms with Crippen LogP contribution in [-0.2, 0) is 11.2 Å². The maximum atomic E-state index is 12.1. The Labute approximate surface area is 107 Å².